The third-order valence-electron chi connectivity index (χ3n) is 6.50. The zero-order valence-electron chi connectivity index (χ0n) is 22.6. The lowest BCUT2D eigenvalue weighted by Gasteiger charge is -2.17. The molecule has 0 unspecified atom stereocenters. The summed E-state index contributed by atoms with van der Waals surface area (Å²) < 4.78 is 14.0. The monoisotopic (exact) mass is 554 g/mol. The van der Waals surface area contributed by atoms with Gasteiger partial charge in [0, 0.05) is 10.6 Å². The number of nitrogens with zero attached hydrogens (tertiary/aromatic N) is 4. The minimum atomic E-state index is -0.517. The summed E-state index contributed by atoms with van der Waals surface area (Å²) in [5.41, 5.74) is 3.83. The van der Waals surface area contributed by atoms with Crippen LogP contribution in [0.1, 0.15) is 34.7 Å². The van der Waals surface area contributed by atoms with Gasteiger partial charge in [-0.3, -0.25) is 14.7 Å². The largest absolute Gasteiger partial charge is 0.490 e. The molecule has 204 valence electrons. The van der Waals surface area contributed by atoms with E-state index in [1.165, 1.54) is 17.1 Å². The molecule has 0 amide bonds. The minimum Gasteiger partial charge on any atom is -0.490 e. The van der Waals surface area contributed by atoms with Crippen LogP contribution in [0.15, 0.2) is 90.1 Å². The molecule has 0 aliphatic rings. The van der Waals surface area contributed by atoms with Crippen LogP contribution in [0.2, 0.25) is 0 Å². The zero-order valence-corrected chi connectivity index (χ0v) is 23.4. The number of ether oxygens (including phenoxy) is 2. The second-order valence-corrected chi connectivity index (χ2v) is 10.6. The topological polar surface area (TPSA) is 92.3 Å². The van der Waals surface area contributed by atoms with Crippen LogP contribution in [0.5, 0.6) is 11.5 Å². The third-order valence-corrected chi connectivity index (χ3v) is 7.68. The molecule has 40 heavy (non-hydrogen) atoms. The number of fused-ring (bicyclic) bond motifs is 1. The van der Waals surface area contributed by atoms with Gasteiger partial charge in [0.15, 0.2) is 16.7 Å². The van der Waals surface area contributed by atoms with E-state index >= 15 is 0 Å². The lowest BCUT2D eigenvalue weighted by atomic mass is 10.1. The molecular weight excluding hydrogens is 524 g/mol. The second kappa shape index (κ2) is 12.2. The summed E-state index contributed by atoms with van der Waals surface area (Å²) >= 11 is 1.31. The first-order chi connectivity index (χ1) is 19.4. The Hall–Kier alpha value is -4.37. The van der Waals surface area contributed by atoms with E-state index < -0.39 is 5.25 Å². The Morgan fingerprint density at radius 2 is 1.68 bits per heavy atom. The molecule has 0 aliphatic heterocycles. The molecule has 1 aromatic heterocycles. The molecule has 5 rings (SSSR count). The van der Waals surface area contributed by atoms with E-state index in [-0.39, 0.29) is 11.5 Å². The molecule has 5 aromatic rings. The first-order valence-electron chi connectivity index (χ1n) is 13.1. The van der Waals surface area contributed by atoms with E-state index in [0.29, 0.717) is 35.7 Å². The average molecular weight is 555 g/mol. The van der Waals surface area contributed by atoms with E-state index in [9.17, 15) is 10.1 Å². The van der Waals surface area contributed by atoms with Gasteiger partial charge in [-0.1, -0.05) is 71.9 Å². The molecule has 0 aliphatic carbocycles. The van der Waals surface area contributed by atoms with Crippen LogP contribution in [0, 0.1) is 24.0 Å². The van der Waals surface area contributed by atoms with Gasteiger partial charge in [-0.05, 0) is 73.0 Å². The van der Waals surface area contributed by atoms with Crippen LogP contribution in [-0.4, -0.2) is 32.8 Å². The van der Waals surface area contributed by atoms with Crippen LogP contribution >= 0.6 is 11.8 Å². The summed E-state index contributed by atoms with van der Waals surface area (Å²) in [6.45, 7) is 6.31. The average Bonchev–Trinajstić information content (AvgIpc) is 3.31. The Kier molecular flexibility index (Phi) is 8.31. The second-order valence-electron chi connectivity index (χ2n) is 9.43. The van der Waals surface area contributed by atoms with E-state index in [1.807, 2.05) is 86.0 Å². The van der Waals surface area contributed by atoms with Gasteiger partial charge in [-0.2, -0.15) is 0 Å². The summed E-state index contributed by atoms with van der Waals surface area (Å²) in [6, 6.07) is 28.0. The lowest BCUT2D eigenvalue weighted by Crippen LogP contribution is -2.11. The standard InChI is InChI=1S/C31H30N4O4S/c1-4-38-29-18-26(13-16-28(29)39-20-23-11-12-24-7-5-6-8-25(24)17-23)30(19-34(36)37)40-31-33-32-22(3)35(31)27-14-9-21(2)10-15-27/h5-18,30H,4,19-20H2,1-3H3/t30-/m1/s1. The predicted molar refractivity (Wildman–Crippen MR) is 157 cm³/mol. The SMILES string of the molecule is CCOc1cc([C@@H](C[N+](=O)[O-])Sc2nnc(C)n2-c2ccc(C)cc2)ccc1OCc1ccc2ccccc2c1. The molecule has 9 heteroatoms. The highest BCUT2D eigenvalue weighted by Gasteiger charge is 2.25. The highest BCUT2D eigenvalue weighted by atomic mass is 32.2. The van der Waals surface area contributed by atoms with Gasteiger partial charge >= 0.3 is 0 Å². The Balaban J connectivity index is 1.41. The summed E-state index contributed by atoms with van der Waals surface area (Å²) in [5, 5.41) is 22.7. The van der Waals surface area contributed by atoms with Crippen LogP contribution in [-0.2, 0) is 6.61 Å². The summed E-state index contributed by atoms with van der Waals surface area (Å²) in [5.74, 6) is 1.84. The molecule has 0 saturated heterocycles. The molecular formula is C31H30N4O4S. The van der Waals surface area contributed by atoms with Crippen molar-refractivity contribution in [1.82, 2.24) is 14.8 Å². The highest BCUT2D eigenvalue weighted by Crippen LogP contribution is 2.40. The summed E-state index contributed by atoms with van der Waals surface area (Å²) in [4.78, 5) is 11.4. The maximum Gasteiger partial charge on any atom is 0.220 e. The van der Waals surface area contributed by atoms with Crippen molar-refractivity contribution in [2.24, 2.45) is 0 Å². The number of nitro groups is 1. The van der Waals surface area contributed by atoms with Crippen molar-refractivity contribution in [2.75, 3.05) is 13.2 Å². The normalized spacial score (nSPS) is 11.9. The van der Waals surface area contributed by atoms with Gasteiger partial charge in [-0.25, -0.2) is 0 Å². The van der Waals surface area contributed by atoms with E-state index in [2.05, 4.69) is 34.5 Å². The molecule has 1 atom stereocenters. The maximum atomic E-state index is 11.7. The van der Waals surface area contributed by atoms with Crippen molar-refractivity contribution in [3.63, 3.8) is 0 Å². The lowest BCUT2D eigenvalue weighted by molar-refractivity contribution is -0.479. The molecule has 8 nitrogen and oxygen atoms in total. The van der Waals surface area contributed by atoms with E-state index in [1.54, 1.807) is 0 Å². The fourth-order valence-electron chi connectivity index (χ4n) is 4.49. The molecule has 0 fully saturated rings. The minimum absolute atomic E-state index is 0.284. The quantitative estimate of drug-likeness (QED) is 0.0974. The van der Waals surface area contributed by atoms with Crippen LogP contribution in [0.25, 0.3) is 16.5 Å². The first-order valence-corrected chi connectivity index (χ1v) is 13.9. The molecule has 0 radical (unpaired) electrons. The third kappa shape index (κ3) is 6.26. The van der Waals surface area contributed by atoms with E-state index in [4.69, 9.17) is 9.47 Å². The fourth-order valence-corrected chi connectivity index (χ4v) is 5.65. The number of rotatable bonds is 11. The number of hydrogen-bond donors (Lipinski definition) is 0. The van der Waals surface area contributed by atoms with Gasteiger partial charge in [0.1, 0.15) is 17.7 Å². The Morgan fingerprint density at radius 1 is 0.900 bits per heavy atom. The maximum absolute atomic E-state index is 11.7. The molecule has 0 saturated carbocycles. The van der Waals surface area contributed by atoms with Gasteiger partial charge in [0.2, 0.25) is 6.54 Å². The van der Waals surface area contributed by atoms with Crippen molar-refractivity contribution < 1.29 is 14.4 Å². The van der Waals surface area contributed by atoms with Crippen molar-refractivity contribution in [3.8, 4) is 17.2 Å². The Bertz CT molecular complexity index is 1630. The zero-order chi connectivity index (χ0) is 28.1. The number of thioether (sulfide) groups is 1. The van der Waals surface area contributed by atoms with Gasteiger partial charge in [-0.15, -0.1) is 10.2 Å². The highest BCUT2D eigenvalue weighted by molar-refractivity contribution is 7.99. The van der Waals surface area contributed by atoms with E-state index in [0.717, 1.165) is 27.8 Å². The molecule has 0 bridgehead atoms. The smallest absolute Gasteiger partial charge is 0.220 e. The summed E-state index contributed by atoms with van der Waals surface area (Å²) in [7, 11) is 0. The van der Waals surface area contributed by atoms with Crippen molar-refractivity contribution >= 4 is 22.5 Å². The molecule has 0 N–H and O–H groups in total. The van der Waals surface area contributed by atoms with Gasteiger partial charge < -0.3 is 9.47 Å². The van der Waals surface area contributed by atoms with Crippen molar-refractivity contribution in [3.05, 3.63) is 118 Å². The molecule has 0 spiro atoms. The van der Waals surface area contributed by atoms with Gasteiger partial charge in [0.25, 0.3) is 0 Å². The van der Waals surface area contributed by atoms with Crippen LogP contribution in [0.4, 0.5) is 0 Å². The number of aryl methyl sites for hydroxylation is 2. The van der Waals surface area contributed by atoms with Crippen LogP contribution in [0.3, 0.4) is 0 Å². The number of benzene rings is 4. The van der Waals surface area contributed by atoms with Crippen molar-refractivity contribution in [1.29, 1.82) is 0 Å². The van der Waals surface area contributed by atoms with Crippen LogP contribution < -0.4 is 9.47 Å². The molecule has 4 aromatic carbocycles. The fraction of sp³-hybridized carbons (Fsp3) is 0.226. The Morgan fingerprint density at radius 3 is 2.42 bits per heavy atom. The van der Waals surface area contributed by atoms with Crippen molar-refractivity contribution in [2.45, 2.75) is 37.8 Å². The summed E-state index contributed by atoms with van der Waals surface area (Å²) in [6.07, 6.45) is 0. The number of hydrogen-bond acceptors (Lipinski definition) is 7. The number of aromatic nitrogens is 3. The molecule has 1 heterocycles. The predicted octanol–water partition coefficient (Wildman–Crippen LogP) is 7.13. The first kappa shape index (κ1) is 27.2. The Labute approximate surface area is 237 Å². The van der Waals surface area contributed by atoms with Gasteiger partial charge in [0.05, 0.1) is 6.61 Å².